The summed E-state index contributed by atoms with van der Waals surface area (Å²) in [6.07, 6.45) is 2.57. The summed E-state index contributed by atoms with van der Waals surface area (Å²) in [5, 5.41) is 13.0. The van der Waals surface area contributed by atoms with Crippen LogP contribution in [-0.2, 0) is 10.0 Å². The van der Waals surface area contributed by atoms with Crippen molar-refractivity contribution < 1.29 is 31.5 Å². The van der Waals surface area contributed by atoms with E-state index < -0.39 is 49.7 Å². The van der Waals surface area contributed by atoms with E-state index in [-0.39, 0.29) is 22.5 Å². The second-order valence-electron chi connectivity index (χ2n) is 8.98. The van der Waals surface area contributed by atoms with Crippen LogP contribution in [0.2, 0.25) is 0 Å². The van der Waals surface area contributed by atoms with Gasteiger partial charge < -0.3 is 10.4 Å². The zero-order chi connectivity index (χ0) is 29.8. The van der Waals surface area contributed by atoms with Crippen molar-refractivity contribution in [2.24, 2.45) is 0 Å². The van der Waals surface area contributed by atoms with Gasteiger partial charge in [-0.25, -0.2) is 41.3 Å². The van der Waals surface area contributed by atoms with Gasteiger partial charge in [0.2, 0.25) is 0 Å². The molecular weight excluding hydrogens is 593 g/mol. The molecule has 0 fully saturated rings. The Kier molecular flexibility index (Phi) is 6.54. The molecule has 0 atom stereocenters. The number of aromatic carboxylic acids is 1. The number of aromatic nitrogens is 4. The van der Waals surface area contributed by atoms with Gasteiger partial charge in [-0.15, -0.1) is 0 Å². The molecule has 3 N–H and O–H groups in total. The van der Waals surface area contributed by atoms with Gasteiger partial charge in [0.1, 0.15) is 29.2 Å². The van der Waals surface area contributed by atoms with E-state index in [1.165, 1.54) is 19.2 Å². The van der Waals surface area contributed by atoms with Crippen molar-refractivity contribution in [3.63, 3.8) is 0 Å². The molecule has 6 aromatic rings. The third kappa shape index (κ3) is 4.57. The summed E-state index contributed by atoms with van der Waals surface area (Å²) >= 11 is 1.09. The van der Waals surface area contributed by atoms with Crippen molar-refractivity contribution in [1.29, 1.82) is 0 Å². The third-order valence-electron chi connectivity index (χ3n) is 6.42. The second-order valence-corrected chi connectivity index (χ2v) is 11.6. The van der Waals surface area contributed by atoms with Crippen molar-refractivity contribution >= 4 is 65.8 Å². The molecule has 15 heteroatoms. The number of thiazole rings is 1. The lowest BCUT2D eigenvalue weighted by atomic mass is 10.2. The van der Waals surface area contributed by atoms with Crippen LogP contribution in [0.5, 0.6) is 0 Å². The fraction of sp³-hybridized carbons (Fsp3) is 0.0370. The monoisotopic (exact) mass is 610 g/mol. The zero-order valence-corrected chi connectivity index (χ0v) is 22.9. The first kappa shape index (κ1) is 27.2. The molecule has 212 valence electrons. The second kappa shape index (κ2) is 10.1. The molecule has 0 amide bonds. The highest BCUT2D eigenvalue weighted by Crippen LogP contribution is 2.35. The molecule has 0 aliphatic rings. The summed E-state index contributed by atoms with van der Waals surface area (Å²) in [4.78, 5) is 24.5. The minimum Gasteiger partial charge on any atom is -0.478 e. The van der Waals surface area contributed by atoms with Crippen LogP contribution in [0.1, 0.15) is 15.9 Å². The molecule has 0 spiro atoms. The molecule has 3 heterocycles. The Morgan fingerprint density at radius 2 is 1.79 bits per heavy atom. The van der Waals surface area contributed by atoms with Crippen molar-refractivity contribution in [2.45, 2.75) is 11.8 Å². The molecule has 0 unspecified atom stereocenters. The maximum Gasteiger partial charge on any atom is 0.337 e. The lowest BCUT2D eigenvalue weighted by molar-refractivity contribution is 0.0699. The summed E-state index contributed by atoms with van der Waals surface area (Å²) < 4.78 is 73.8. The third-order valence-corrected chi connectivity index (χ3v) is 8.89. The van der Waals surface area contributed by atoms with Crippen LogP contribution in [0.4, 0.5) is 30.4 Å². The number of rotatable bonds is 7. The first-order valence-electron chi connectivity index (χ1n) is 12.0. The maximum atomic E-state index is 15.5. The van der Waals surface area contributed by atoms with Gasteiger partial charge in [0, 0.05) is 17.1 Å². The number of carbonyl (C=O) groups is 1. The van der Waals surface area contributed by atoms with Gasteiger partial charge in [-0.1, -0.05) is 35.6 Å². The highest BCUT2D eigenvalue weighted by atomic mass is 32.2. The number of benzene rings is 3. The molecule has 0 aliphatic carbocycles. The van der Waals surface area contributed by atoms with Crippen LogP contribution in [0, 0.1) is 24.4 Å². The molecule has 6 rings (SSSR count). The van der Waals surface area contributed by atoms with Crippen LogP contribution >= 0.6 is 11.3 Å². The minimum atomic E-state index is -4.44. The number of carboxylic acid groups (broad SMARTS) is 1. The zero-order valence-electron chi connectivity index (χ0n) is 21.3. The fourth-order valence-corrected chi connectivity index (χ4v) is 6.60. The molecular formula is C27H17F3N6O4S2. The number of nitrogens with one attached hydrogen (secondary N) is 2. The molecule has 10 nitrogen and oxygen atoms in total. The summed E-state index contributed by atoms with van der Waals surface area (Å²) in [5.74, 6) is -4.31. The number of hydrogen-bond donors (Lipinski definition) is 3. The van der Waals surface area contributed by atoms with E-state index in [4.69, 9.17) is 0 Å². The van der Waals surface area contributed by atoms with E-state index in [0.29, 0.717) is 20.9 Å². The van der Waals surface area contributed by atoms with E-state index in [0.717, 1.165) is 41.9 Å². The SMILES string of the molecule is Cc1c(F)cccc1S(=O)(=O)Nc1ccc(F)c(Nc2ncnc3sc(-n4cc(C(=O)O)c5ccccc54)nc23)c1F. The first-order chi connectivity index (χ1) is 20.0. The number of carboxylic acids is 1. The lowest BCUT2D eigenvalue weighted by Gasteiger charge is -2.14. The van der Waals surface area contributed by atoms with E-state index in [9.17, 15) is 27.1 Å². The quantitative estimate of drug-likeness (QED) is 0.200. The predicted octanol–water partition coefficient (Wildman–Crippen LogP) is 6.00. The number of sulfonamides is 1. The Labute approximate surface area is 239 Å². The largest absolute Gasteiger partial charge is 0.478 e. The van der Waals surface area contributed by atoms with Gasteiger partial charge in [0.15, 0.2) is 21.6 Å². The van der Waals surface area contributed by atoms with E-state index in [1.807, 2.05) is 4.72 Å². The fourth-order valence-electron chi connectivity index (χ4n) is 4.39. The topological polar surface area (TPSA) is 139 Å². The normalized spacial score (nSPS) is 11.7. The van der Waals surface area contributed by atoms with Gasteiger partial charge in [0.25, 0.3) is 10.0 Å². The van der Waals surface area contributed by atoms with Crippen molar-refractivity contribution in [1.82, 2.24) is 19.5 Å². The number of nitrogens with zero attached hydrogens (tertiary/aromatic N) is 4. The first-order valence-corrected chi connectivity index (χ1v) is 14.3. The van der Waals surface area contributed by atoms with Gasteiger partial charge in [-0.05, 0) is 37.3 Å². The van der Waals surface area contributed by atoms with E-state index in [2.05, 4.69) is 20.3 Å². The van der Waals surface area contributed by atoms with Crippen molar-refractivity contribution in [2.75, 3.05) is 10.0 Å². The van der Waals surface area contributed by atoms with Gasteiger partial charge in [0.05, 0.1) is 21.7 Å². The Bertz CT molecular complexity index is 2160. The lowest BCUT2D eigenvalue weighted by Crippen LogP contribution is -2.16. The summed E-state index contributed by atoms with van der Waals surface area (Å²) in [6, 6.07) is 12.0. The Hall–Kier alpha value is -5.02. The molecule has 3 aromatic heterocycles. The smallest absolute Gasteiger partial charge is 0.337 e. The standard InChI is InChI=1S/C27H17F3N6O4S2/c1-13-16(28)6-4-8-20(13)42(39,40)35-18-10-9-17(29)22(21(18)30)33-24-23-25(32-12-31-24)41-27(34-23)36-11-15(26(37)38)14-5-2-3-7-19(14)36/h2-12,35H,1H3,(H,37,38)(H,31,32,33). The molecule has 0 bridgehead atoms. The molecule has 0 saturated heterocycles. The number of fused-ring (bicyclic) bond motifs is 2. The van der Waals surface area contributed by atoms with Crippen LogP contribution < -0.4 is 10.0 Å². The Morgan fingerprint density at radius 3 is 2.57 bits per heavy atom. The minimum absolute atomic E-state index is 0.0612. The molecule has 0 radical (unpaired) electrons. The van der Waals surface area contributed by atoms with Crippen LogP contribution in [0.3, 0.4) is 0 Å². The van der Waals surface area contributed by atoms with E-state index >= 15 is 4.39 Å². The number of hydrogen-bond acceptors (Lipinski definition) is 8. The highest BCUT2D eigenvalue weighted by Gasteiger charge is 2.24. The summed E-state index contributed by atoms with van der Waals surface area (Å²) in [6.45, 7) is 1.26. The van der Waals surface area contributed by atoms with Crippen molar-refractivity contribution in [3.8, 4) is 5.13 Å². The summed E-state index contributed by atoms with van der Waals surface area (Å²) in [7, 11) is -4.44. The highest BCUT2D eigenvalue weighted by molar-refractivity contribution is 7.92. The van der Waals surface area contributed by atoms with Crippen LogP contribution in [-0.4, -0.2) is 39.0 Å². The number of anilines is 3. The molecule has 3 aromatic carbocycles. The average Bonchev–Trinajstić information content (AvgIpc) is 3.56. The number of halogens is 3. The average molecular weight is 611 g/mol. The predicted molar refractivity (Wildman–Crippen MR) is 151 cm³/mol. The maximum absolute atomic E-state index is 15.5. The molecule has 0 saturated carbocycles. The molecule has 42 heavy (non-hydrogen) atoms. The van der Waals surface area contributed by atoms with Crippen LogP contribution in [0.25, 0.3) is 26.4 Å². The van der Waals surface area contributed by atoms with Gasteiger partial charge in [-0.2, -0.15) is 0 Å². The van der Waals surface area contributed by atoms with Gasteiger partial charge >= 0.3 is 5.97 Å². The number of para-hydroxylation sites is 1. The summed E-state index contributed by atoms with van der Waals surface area (Å²) in [5.41, 5.74) is -0.716. The Morgan fingerprint density at radius 1 is 1.00 bits per heavy atom. The Balaban J connectivity index is 1.39. The van der Waals surface area contributed by atoms with Gasteiger partial charge in [-0.3, -0.25) is 9.29 Å². The van der Waals surface area contributed by atoms with E-state index in [1.54, 1.807) is 28.8 Å². The van der Waals surface area contributed by atoms with Crippen LogP contribution in [0.15, 0.2) is 72.0 Å². The van der Waals surface area contributed by atoms with Crippen molar-refractivity contribution in [3.05, 3.63) is 95.7 Å². The molecule has 0 aliphatic heterocycles.